The highest BCUT2D eigenvalue weighted by atomic mass is 32.2. The molecule has 1 aromatic rings. The third-order valence-corrected chi connectivity index (χ3v) is 8.92. The molecular formula is C24H34F3N3O4S. The number of piperazine rings is 1. The summed E-state index contributed by atoms with van der Waals surface area (Å²) in [6.07, 6.45) is -3.65. The minimum absolute atomic E-state index is 0.0110. The Morgan fingerprint density at radius 3 is 2.00 bits per heavy atom. The smallest absolute Gasteiger partial charge is 0.340 e. The van der Waals surface area contributed by atoms with Crippen molar-refractivity contribution < 1.29 is 31.2 Å². The Morgan fingerprint density at radius 2 is 1.54 bits per heavy atom. The van der Waals surface area contributed by atoms with Gasteiger partial charge < -0.3 is 4.90 Å². The van der Waals surface area contributed by atoms with E-state index in [9.17, 15) is 31.2 Å². The molecule has 1 aliphatic carbocycles. The van der Waals surface area contributed by atoms with Gasteiger partial charge in [-0.05, 0) is 58.6 Å². The van der Waals surface area contributed by atoms with E-state index in [-0.39, 0.29) is 40.9 Å². The van der Waals surface area contributed by atoms with Crippen LogP contribution >= 0.6 is 0 Å². The molecule has 2 aliphatic rings. The molecule has 11 heteroatoms. The van der Waals surface area contributed by atoms with Gasteiger partial charge in [-0.15, -0.1) is 0 Å². The van der Waals surface area contributed by atoms with Crippen molar-refractivity contribution in [1.82, 2.24) is 14.1 Å². The molecule has 1 amide bonds. The molecule has 0 atom stereocenters. The van der Waals surface area contributed by atoms with E-state index in [1.54, 1.807) is 0 Å². The number of halogens is 3. The Morgan fingerprint density at radius 1 is 1.00 bits per heavy atom. The minimum Gasteiger partial charge on any atom is -0.340 e. The van der Waals surface area contributed by atoms with Crippen LogP contribution in [0.4, 0.5) is 13.2 Å². The van der Waals surface area contributed by atoms with Crippen molar-refractivity contribution in [2.75, 3.05) is 32.7 Å². The van der Waals surface area contributed by atoms with Gasteiger partial charge in [-0.25, -0.2) is 8.42 Å². The van der Waals surface area contributed by atoms with E-state index in [4.69, 9.17) is 0 Å². The van der Waals surface area contributed by atoms with E-state index in [0.717, 1.165) is 13.1 Å². The number of hydrogen-bond donors (Lipinski definition) is 0. The van der Waals surface area contributed by atoms with Crippen LogP contribution in [0, 0.1) is 5.92 Å². The quantitative estimate of drug-likeness (QED) is 0.517. The molecule has 0 radical (unpaired) electrons. The van der Waals surface area contributed by atoms with Crippen LogP contribution in [0.25, 0.3) is 0 Å². The molecule has 0 spiro atoms. The number of hydrogen-bond acceptors (Lipinski definition) is 5. The number of amides is 1. The SMILES string of the molecule is CC(=O)c1ccc(S(=O)(=O)N(CC(F)(F)F)[C@H]2CC[C@H](C(=O)N3CCN(C(C)C)CC3)CC2)cc1. The molecule has 0 aromatic heterocycles. The molecule has 0 N–H and O–H groups in total. The Bertz CT molecular complexity index is 996. The average Bonchev–Trinajstić information content (AvgIpc) is 2.81. The number of carbonyl (C=O) groups excluding carboxylic acids is 2. The zero-order chi connectivity index (χ0) is 26.0. The average molecular weight is 518 g/mol. The molecule has 0 bridgehead atoms. The van der Waals surface area contributed by atoms with E-state index >= 15 is 0 Å². The monoisotopic (exact) mass is 517 g/mol. The van der Waals surface area contributed by atoms with Crippen molar-refractivity contribution in [3.63, 3.8) is 0 Å². The number of carbonyl (C=O) groups is 2. The predicted molar refractivity (Wildman–Crippen MR) is 125 cm³/mol. The number of Topliss-reactive ketones (excluding diaryl/α,β-unsaturated/α-hetero) is 1. The number of alkyl halides is 3. The summed E-state index contributed by atoms with van der Waals surface area (Å²) in [6.45, 7) is 6.78. The molecule has 1 saturated heterocycles. The summed E-state index contributed by atoms with van der Waals surface area (Å²) >= 11 is 0. The summed E-state index contributed by atoms with van der Waals surface area (Å²) in [5.41, 5.74) is 0.277. The maximum atomic E-state index is 13.4. The second-order valence-corrected chi connectivity index (χ2v) is 11.6. The molecule has 1 aliphatic heterocycles. The van der Waals surface area contributed by atoms with Crippen LogP contribution < -0.4 is 0 Å². The summed E-state index contributed by atoms with van der Waals surface area (Å²) in [4.78, 5) is 28.3. The summed E-state index contributed by atoms with van der Waals surface area (Å²) in [7, 11) is -4.45. The Balaban J connectivity index is 1.70. The van der Waals surface area contributed by atoms with Crippen LogP contribution in [0.15, 0.2) is 29.2 Å². The number of nitrogens with zero attached hydrogens (tertiary/aromatic N) is 3. The van der Waals surface area contributed by atoms with E-state index in [1.807, 2.05) is 4.90 Å². The standard InChI is InChI=1S/C24H34F3N3O4S/c1-17(2)28-12-14-29(15-13-28)23(32)20-4-8-21(9-5-20)30(16-24(25,26)27)35(33,34)22-10-6-19(7-11-22)18(3)31/h6-7,10-11,17,20-21H,4-5,8-9,12-16H2,1-3H3/t20-,21-. The molecule has 1 heterocycles. The molecular weight excluding hydrogens is 483 g/mol. The highest BCUT2D eigenvalue weighted by Gasteiger charge is 2.43. The second-order valence-electron chi connectivity index (χ2n) is 9.71. The zero-order valence-corrected chi connectivity index (χ0v) is 21.2. The highest BCUT2D eigenvalue weighted by Crippen LogP contribution is 2.34. The fourth-order valence-electron chi connectivity index (χ4n) is 4.91. The van der Waals surface area contributed by atoms with Gasteiger partial charge in [-0.2, -0.15) is 17.5 Å². The van der Waals surface area contributed by atoms with E-state index in [0.29, 0.717) is 36.3 Å². The first-order valence-electron chi connectivity index (χ1n) is 12.0. The van der Waals surface area contributed by atoms with Crippen LogP contribution in [0.1, 0.15) is 56.8 Å². The molecule has 7 nitrogen and oxygen atoms in total. The van der Waals surface area contributed by atoms with Gasteiger partial charge in [0.05, 0.1) is 4.90 Å². The van der Waals surface area contributed by atoms with Gasteiger partial charge in [-0.3, -0.25) is 14.5 Å². The first-order valence-corrected chi connectivity index (χ1v) is 13.5. The third kappa shape index (κ3) is 6.83. The fraction of sp³-hybridized carbons (Fsp3) is 0.667. The van der Waals surface area contributed by atoms with Crippen LogP contribution in [0.5, 0.6) is 0 Å². The number of sulfonamides is 1. The lowest BCUT2D eigenvalue weighted by molar-refractivity contribution is -0.144. The first-order chi connectivity index (χ1) is 16.3. The van der Waals surface area contributed by atoms with Crippen LogP contribution in [0.2, 0.25) is 0 Å². The number of ketones is 1. The lowest BCUT2D eigenvalue weighted by Crippen LogP contribution is -2.53. The van der Waals surface area contributed by atoms with Crippen molar-refractivity contribution in [3.05, 3.63) is 29.8 Å². The van der Waals surface area contributed by atoms with Gasteiger partial charge in [-0.1, -0.05) is 12.1 Å². The van der Waals surface area contributed by atoms with Gasteiger partial charge in [0.2, 0.25) is 15.9 Å². The summed E-state index contributed by atoms with van der Waals surface area (Å²) in [6, 6.07) is 4.49. The molecule has 3 rings (SSSR count). The maximum Gasteiger partial charge on any atom is 0.402 e. The topological polar surface area (TPSA) is 78.0 Å². The van der Waals surface area contributed by atoms with Crippen LogP contribution in [0.3, 0.4) is 0 Å². The molecule has 1 aromatic carbocycles. The summed E-state index contributed by atoms with van der Waals surface area (Å²) in [5.74, 6) is -0.561. The Hall–Kier alpha value is -1.98. The lowest BCUT2D eigenvalue weighted by Gasteiger charge is -2.40. The van der Waals surface area contributed by atoms with Crippen molar-refractivity contribution in [2.45, 2.75) is 69.6 Å². The van der Waals surface area contributed by atoms with Crippen molar-refractivity contribution in [3.8, 4) is 0 Å². The summed E-state index contributed by atoms with van der Waals surface area (Å²) < 4.78 is 67.1. The number of benzene rings is 1. The predicted octanol–water partition coefficient (Wildman–Crippen LogP) is 3.55. The molecule has 1 saturated carbocycles. The van der Waals surface area contributed by atoms with Crippen molar-refractivity contribution in [1.29, 1.82) is 0 Å². The van der Waals surface area contributed by atoms with Crippen LogP contribution in [-0.2, 0) is 14.8 Å². The number of rotatable bonds is 7. The Labute approximate surface area is 205 Å². The molecule has 196 valence electrons. The first kappa shape index (κ1) is 27.6. The Kier molecular flexibility index (Phi) is 8.64. The zero-order valence-electron chi connectivity index (χ0n) is 20.4. The van der Waals surface area contributed by atoms with E-state index < -0.39 is 28.8 Å². The third-order valence-electron chi connectivity index (χ3n) is 7.01. The van der Waals surface area contributed by atoms with E-state index in [1.165, 1.54) is 31.2 Å². The van der Waals surface area contributed by atoms with Gasteiger partial charge in [0.15, 0.2) is 5.78 Å². The molecule has 35 heavy (non-hydrogen) atoms. The lowest BCUT2D eigenvalue weighted by atomic mass is 9.85. The van der Waals surface area contributed by atoms with E-state index in [2.05, 4.69) is 18.7 Å². The van der Waals surface area contributed by atoms with Gasteiger partial charge in [0.1, 0.15) is 6.54 Å². The van der Waals surface area contributed by atoms with Crippen molar-refractivity contribution >= 4 is 21.7 Å². The van der Waals surface area contributed by atoms with Crippen LogP contribution in [-0.4, -0.2) is 85.2 Å². The van der Waals surface area contributed by atoms with Gasteiger partial charge in [0, 0.05) is 49.7 Å². The largest absolute Gasteiger partial charge is 0.402 e. The normalized spacial score (nSPS) is 22.6. The minimum atomic E-state index is -4.71. The molecule has 0 unspecified atom stereocenters. The highest BCUT2D eigenvalue weighted by molar-refractivity contribution is 7.89. The van der Waals surface area contributed by atoms with Gasteiger partial charge in [0.25, 0.3) is 0 Å². The fourth-order valence-corrected chi connectivity index (χ4v) is 6.58. The molecule has 2 fully saturated rings. The maximum absolute atomic E-state index is 13.4. The van der Waals surface area contributed by atoms with Crippen molar-refractivity contribution in [2.24, 2.45) is 5.92 Å². The second kappa shape index (κ2) is 11.0. The van der Waals surface area contributed by atoms with Gasteiger partial charge >= 0.3 is 6.18 Å². The summed E-state index contributed by atoms with van der Waals surface area (Å²) in [5, 5.41) is 0.